The Morgan fingerprint density at radius 1 is 1.34 bits per heavy atom. The topological polar surface area (TPSA) is 116 Å². The number of carbonyl (C=O) groups excluding carboxylic acids is 2. The Hall–Kier alpha value is -2.56. The fourth-order valence-corrected chi connectivity index (χ4v) is 5.17. The van der Waals surface area contributed by atoms with Gasteiger partial charge in [0.1, 0.15) is 16.3 Å². The van der Waals surface area contributed by atoms with Gasteiger partial charge in [-0.25, -0.2) is 14.8 Å². The van der Waals surface area contributed by atoms with Gasteiger partial charge in [-0.3, -0.25) is 4.79 Å². The maximum atomic E-state index is 12.7. The highest BCUT2D eigenvalue weighted by Crippen LogP contribution is 2.34. The molecule has 0 radical (unpaired) electrons. The van der Waals surface area contributed by atoms with Crippen molar-refractivity contribution in [1.82, 2.24) is 25.3 Å². The van der Waals surface area contributed by atoms with Crippen molar-refractivity contribution in [3.05, 3.63) is 38.7 Å². The number of carbonyl (C=O) groups is 2. The highest BCUT2D eigenvalue weighted by molar-refractivity contribution is 7.17. The number of rotatable bonds is 5. The molecule has 1 fully saturated rings. The van der Waals surface area contributed by atoms with Crippen LogP contribution in [0.2, 0.25) is 10.0 Å². The Kier molecular flexibility index (Phi) is 6.45. The van der Waals surface area contributed by atoms with E-state index in [1.54, 1.807) is 19.3 Å². The first-order valence-electron chi connectivity index (χ1n) is 9.98. The average Bonchev–Trinajstić information content (AvgIpc) is 3.51. The Labute approximate surface area is 198 Å². The number of imidazole rings is 1. The normalized spacial score (nSPS) is 18.6. The Bertz CT molecular complexity index is 1140. The third-order valence-corrected chi connectivity index (χ3v) is 7.53. The molecule has 1 aliphatic rings. The van der Waals surface area contributed by atoms with Gasteiger partial charge in [0, 0.05) is 37.2 Å². The monoisotopic (exact) mass is 496 g/mol. The van der Waals surface area contributed by atoms with Gasteiger partial charge in [0.25, 0.3) is 5.91 Å². The van der Waals surface area contributed by atoms with E-state index in [2.05, 4.69) is 37.1 Å². The average molecular weight is 497 g/mol. The lowest BCUT2D eigenvalue weighted by Gasteiger charge is -2.37. The summed E-state index contributed by atoms with van der Waals surface area (Å²) < 4.78 is 4.92. The number of halogens is 2. The number of H-pyrrole nitrogens is 2. The second-order valence-electron chi connectivity index (χ2n) is 7.65. The molecule has 32 heavy (non-hydrogen) atoms. The van der Waals surface area contributed by atoms with Gasteiger partial charge >= 0.3 is 5.97 Å². The summed E-state index contributed by atoms with van der Waals surface area (Å²) in [5.74, 6) is -0.0832. The second-order valence-corrected chi connectivity index (χ2v) is 9.38. The summed E-state index contributed by atoms with van der Waals surface area (Å²) in [4.78, 5) is 42.3. The number of methoxy groups -OCH3 is 1. The summed E-state index contributed by atoms with van der Waals surface area (Å²) in [5, 5.41) is 4.36. The van der Waals surface area contributed by atoms with Crippen molar-refractivity contribution >= 4 is 51.5 Å². The van der Waals surface area contributed by atoms with Crippen molar-refractivity contribution in [1.29, 1.82) is 0 Å². The Morgan fingerprint density at radius 3 is 2.72 bits per heavy atom. The van der Waals surface area contributed by atoms with Crippen LogP contribution in [-0.2, 0) is 4.74 Å². The van der Waals surface area contributed by atoms with Gasteiger partial charge in [0.2, 0.25) is 0 Å². The lowest BCUT2D eigenvalue weighted by atomic mass is 9.94. The van der Waals surface area contributed by atoms with Gasteiger partial charge in [-0.2, -0.15) is 0 Å². The fourth-order valence-electron chi connectivity index (χ4n) is 3.73. The quantitative estimate of drug-likeness (QED) is 0.461. The number of ether oxygens (including phenoxy) is 1. The summed E-state index contributed by atoms with van der Waals surface area (Å²) in [6.45, 7) is 5.15. The molecule has 9 nitrogen and oxygen atoms in total. The Balaban J connectivity index is 1.48. The molecule has 1 aliphatic heterocycles. The number of nitrogens with one attached hydrogen (secondary N) is 3. The minimum absolute atomic E-state index is 0.0400. The predicted octanol–water partition coefficient (Wildman–Crippen LogP) is 3.91. The van der Waals surface area contributed by atoms with Gasteiger partial charge in [0.15, 0.2) is 11.0 Å². The van der Waals surface area contributed by atoms with Gasteiger partial charge in [-0.05, 0) is 19.3 Å². The number of nitrogens with zero attached hydrogens (tertiary/aromatic N) is 3. The molecule has 2 atom stereocenters. The molecule has 0 bridgehead atoms. The molecule has 12 heteroatoms. The maximum Gasteiger partial charge on any atom is 0.350 e. The van der Waals surface area contributed by atoms with E-state index in [-0.39, 0.29) is 28.6 Å². The molecular weight excluding hydrogens is 475 g/mol. The zero-order valence-corrected chi connectivity index (χ0v) is 20.0. The number of hydrogen-bond acceptors (Lipinski definition) is 7. The van der Waals surface area contributed by atoms with E-state index < -0.39 is 5.97 Å². The molecular formula is C20H22Cl2N6O3S. The van der Waals surface area contributed by atoms with Crippen molar-refractivity contribution in [3.63, 3.8) is 0 Å². The number of anilines is 1. The van der Waals surface area contributed by atoms with Gasteiger partial charge < -0.3 is 24.9 Å². The summed E-state index contributed by atoms with van der Waals surface area (Å²) >= 11 is 13.5. The highest BCUT2D eigenvalue weighted by Gasteiger charge is 2.32. The van der Waals surface area contributed by atoms with E-state index in [1.165, 1.54) is 18.4 Å². The van der Waals surface area contributed by atoms with Gasteiger partial charge in [-0.1, -0.05) is 41.5 Å². The van der Waals surface area contributed by atoms with Crippen LogP contribution >= 0.6 is 34.5 Å². The van der Waals surface area contributed by atoms with E-state index in [1.807, 2.05) is 0 Å². The molecule has 0 saturated carbocycles. The zero-order valence-electron chi connectivity index (χ0n) is 17.7. The van der Waals surface area contributed by atoms with Crippen LogP contribution in [-0.4, -0.2) is 58.1 Å². The van der Waals surface area contributed by atoms with Crippen LogP contribution in [0, 0.1) is 12.8 Å². The minimum atomic E-state index is -0.452. The predicted molar refractivity (Wildman–Crippen MR) is 124 cm³/mol. The lowest BCUT2D eigenvalue weighted by Crippen LogP contribution is -2.50. The van der Waals surface area contributed by atoms with Crippen LogP contribution in [0.5, 0.6) is 0 Å². The van der Waals surface area contributed by atoms with E-state index in [0.29, 0.717) is 51.8 Å². The largest absolute Gasteiger partial charge is 0.465 e. The number of esters is 1. The van der Waals surface area contributed by atoms with Crippen LogP contribution in [0.15, 0.2) is 12.4 Å². The van der Waals surface area contributed by atoms with Crippen LogP contribution < -0.4 is 10.2 Å². The first kappa shape index (κ1) is 22.6. The number of piperidine rings is 1. The van der Waals surface area contributed by atoms with Gasteiger partial charge in [-0.15, -0.1) is 0 Å². The third kappa shape index (κ3) is 4.22. The van der Waals surface area contributed by atoms with Crippen LogP contribution in [0.3, 0.4) is 0 Å². The van der Waals surface area contributed by atoms with Crippen molar-refractivity contribution in [2.45, 2.75) is 26.3 Å². The van der Waals surface area contributed by atoms with E-state index >= 15 is 0 Å². The molecule has 3 aromatic heterocycles. The first-order valence-corrected chi connectivity index (χ1v) is 11.6. The fraction of sp³-hybridized carbons (Fsp3) is 0.400. The first-order chi connectivity index (χ1) is 15.3. The van der Waals surface area contributed by atoms with Crippen molar-refractivity contribution in [2.75, 3.05) is 25.1 Å². The van der Waals surface area contributed by atoms with Crippen molar-refractivity contribution in [2.24, 2.45) is 5.92 Å². The number of aromatic nitrogens is 4. The SMILES string of the molecule is COC(=O)c1sc(N2CC[C@@H](NC(=O)c3[nH]c(C)c(Cl)c3Cl)[C@@H](C)C2)nc1-c1ncc[nH]1. The van der Waals surface area contributed by atoms with Crippen molar-refractivity contribution < 1.29 is 14.3 Å². The lowest BCUT2D eigenvalue weighted by molar-refractivity contribution is 0.0606. The summed E-state index contributed by atoms with van der Waals surface area (Å²) in [6, 6.07) is -0.0400. The summed E-state index contributed by atoms with van der Waals surface area (Å²) in [5.41, 5.74) is 1.40. The molecule has 1 amide bonds. The van der Waals surface area contributed by atoms with E-state index in [9.17, 15) is 9.59 Å². The van der Waals surface area contributed by atoms with Crippen molar-refractivity contribution in [3.8, 4) is 11.5 Å². The standard InChI is InChI=1S/C20H22Cl2N6O3S/c1-9-8-28(7-4-11(9)26-18(29)14-13(22)12(21)10(2)25-14)20-27-15(17-23-5-6-24-17)16(32-20)19(30)31-3/h5-6,9,11,25H,4,7-8H2,1-3H3,(H,23,24)(H,26,29)/t9-,11+/m0/s1. The van der Waals surface area contributed by atoms with Gasteiger partial charge in [0.05, 0.1) is 17.2 Å². The number of hydrogen-bond donors (Lipinski definition) is 3. The molecule has 0 spiro atoms. The van der Waals surface area contributed by atoms with E-state index in [4.69, 9.17) is 27.9 Å². The van der Waals surface area contributed by atoms with Crippen LogP contribution in [0.4, 0.5) is 5.13 Å². The van der Waals surface area contributed by atoms with Crippen LogP contribution in [0.1, 0.15) is 39.2 Å². The number of amides is 1. The maximum absolute atomic E-state index is 12.7. The summed E-state index contributed by atoms with van der Waals surface area (Å²) in [7, 11) is 1.34. The summed E-state index contributed by atoms with van der Waals surface area (Å²) in [6.07, 6.45) is 3.99. The van der Waals surface area contributed by atoms with E-state index in [0.717, 1.165) is 0 Å². The molecule has 3 aromatic rings. The smallest absolute Gasteiger partial charge is 0.350 e. The molecule has 3 N–H and O–H groups in total. The molecule has 0 unspecified atom stereocenters. The molecule has 1 saturated heterocycles. The Morgan fingerprint density at radius 2 is 2.12 bits per heavy atom. The molecule has 0 aromatic carbocycles. The van der Waals surface area contributed by atoms with Crippen LogP contribution in [0.25, 0.3) is 11.5 Å². The number of thiazole rings is 1. The molecule has 0 aliphatic carbocycles. The number of aryl methyl sites for hydroxylation is 1. The highest BCUT2D eigenvalue weighted by atomic mass is 35.5. The molecule has 4 heterocycles. The second kappa shape index (κ2) is 9.13. The zero-order chi connectivity index (χ0) is 23.0. The number of aromatic amines is 2. The third-order valence-electron chi connectivity index (χ3n) is 5.48. The molecule has 4 rings (SSSR count). The minimum Gasteiger partial charge on any atom is -0.465 e. The molecule has 170 valence electrons.